The molecule has 1 fully saturated rings. The summed E-state index contributed by atoms with van der Waals surface area (Å²) in [6.45, 7) is 4.85. The molecule has 1 aliphatic rings. The molecule has 0 saturated carbocycles. The molecular weight excluding hydrogens is 350 g/mol. The van der Waals surface area contributed by atoms with Gasteiger partial charge in [-0.2, -0.15) is 0 Å². The maximum Gasteiger partial charge on any atom is 0.343 e. The number of methoxy groups -OCH3 is 1. The van der Waals surface area contributed by atoms with Gasteiger partial charge in [0.15, 0.2) is 11.5 Å². The highest BCUT2D eigenvalue weighted by atomic mass is 32.1. The van der Waals surface area contributed by atoms with Gasteiger partial charge in [0.1, 0.15) is 4.99 Å². The average molecular weight is 371 g/mol. The van der Waals surface area contributed by atoms with Gasteiger partial charge in [-0.3, -0.25) is 0 Å². The summed E-state index contributed by atoms with van der Waals surface area (Å²) in [5.74, 6) is 0.414. The molecule has 2 aromatic carbocycles. The first-order valence-corrected chi connectivity index (χ1v) is 8.83. The average Bonchev–Trinajstić information content (AvgIpc) is 2.69. The Labute approximate surface area is 158 Å². The molecule has 2 aromatic rings. The fraction of sp³-hybridized carbons (Fsp3) is 0.300. The molecule has 0 bridgehead atoms. The molecule has 0 aliphatic carbocycles. The van der Waals surface area contributed by atoms with E-state index in [4.69, 9.17) is 26.4 Å². The van der Waals surface area contributed by atoms with Crippen LogP contribution < -0.4 is 9.47 Å². The minimum Gasteiger partial charge on any atom is -0.493 e. The number of aryl methyl sites for hydroxylation is 1. The first-order chi connectivity index (χ1) is 12.6. The van der Waals surface area contributed by atoms with Crippen molar-refractivity contribution in [2.45, 2.75) is 6.92 Å². The molecule has 26 heavy (non-hydrogen) atoms. The Balaban J connectivity index is 1.77. The Morgan fingerprint density at radius 3 is 2.35 bits per heavy atom. The van der Waals surface area contributed by atoms with Gasteiger partial charge in [0.25, 0.3) is 0 Å². The number of nitrogens with zero attached hydrogens (tertiary/aromatic N) is 1. The lowest BCUT2D eigenvalue weighted by molar-refractivity contribution is 0.0692. The van der Waals surface area contributed by atoms with Crippen molar-refractivity contribution in [3.8, 4) is 11.5 Å². The lowest BCUT2D eigenvalue weighted by atomic mass is 10.1. The molecule has 1 heterocycles. The Morgan fingerprint density at radius 1 is 1.04 bits per heavy atom. The SMILES string of the molecule is COc1cc(C(=S)N2CCOCC2)ccc1OC(=O)c1ccc(C)cc1. The Bertz CT molecular complexity index is 798. The van der Waals surface area contributed by atoms with E-state index in [0.717, 1.165) is 29.2 Å². The summed E-state index contributed by atoms with van der Waals surface area (Å²) in [4.78, 5) is 15.2. The van der Waals surface area contributed by atoms with E-state index in [9.17, 15) is 4.79 Å². The third-order valence-corrected chi connectivity index (χ3v) is 4.69. The molecular formula is C20H21NO4S. The first-order valence-electron chi connectivity index (χ1n) is 8.42. The predicted octanol–water partition coefficient (Wildman–Crippen LogP) is 3.23. The topological polar surface area (TPSA) is 48.0 Å². The fourth-order valence-corrected chi connectivity index (χ4v) is 2.99. The standard InChI is InChI=1S/C20H21NO4S/c1-14-3-5-15(6-4-14)20(22)25-17-8-7-16(13-18(17)23-2)19(26)21-9-11-24-12-10-21/h3-8,13H,9-12H2,1-2H3. The van der Waals surface area contributed by atoms with Crippen molar-refractivity contribution in [2.75, 3.05) is 33.4 Å². The number of carbonyl (C=O) groups is 1. The molecule has 0 atom stereocenters. The van der Waals surface area contributed by atoms with Crippen molar-refractivity contribution in [2.24, 2.45) is 0 Å². The van der Waals surface area contributed by atoms with Crippen LogP contribution in [0.3, 0.4) is 0 Å². The van der Waals surface area contributed by atoms with E-state index >= 15 is 0 Å². The van der Waals surface area contributed by atoms with Gasteiger partial charge in [0.2, 0.25) is 0 Å². The van der Waals surface area contributed by atoms with Gasteiger partial charge in [-0.25, -0.2) is 4.79 Å². The van der Waals surface area contributed by atoms with Gasteiger partial charge < -0.3 is 19.1 Å². The highest BCUT2D eigenvalue weighted by molar-refractivity contribution is 7.80. The summed E-state index contributed by atoms with van der Waals surface area (Å²) in [6, 6.07) is 12.6. The van der Waals surface area contributed by atoms with Crippen LogP contribution in [0.25, 0.3) is 0 Å². The maximum absolute atomic E-state index is 12.3. The van der Waals surface area contributed by atoms with Gasteiger partial charge in [0.05, 0.1) is 25.9 Å². The van der Waals surface area contributed by atoms with E-state index in [0.29, 0.717) is 30.3 Å². The Kier molecular flexibility index (Phi) is 5.85. The van der Waals surface area contributed by atoms with Gasteiger partial charge in [0, 0.05) is 18.7 Å². The number of ether oxygens (including phenoxy) is 3. The molecule has 1 aliphatic heterocycles. The predicted molar refractivity (Wildman–Crippen MR) is 103 cm³/mol. The van der Waals surface area contributed by atoms with Crippen LogP contribution in [0.5, 0.6) is 11.5 Å². The van der Waals surface area contributed by atoms with E-state index in [2.05, 4.69) is 4.90 Å². The minimum atomic E-state index is -0.424. The van der Waals surface area contributed by atoms with Crippen LogP contribution in [0.2, 0.25) is 0 Å². The second-order valence-electron chi connectivity index (χ2n) is 6.03. The summed E-state index contributed by atoms with van der Waals surface area (Å²) in [5.41, 5.74) is 2.43. The molecule has 5 nitrogen and oxygen atoms in total. The number of esters is 1. The zero-order valence-electron chi connectivity index (χ0n) is 14.9. The molecule has 136 valence electrons. The Morgan fingerprint density at radius 2 is 1.69 bits per heavy atom. The Hall–Kier alpha value is -2.44. The largest absolute Gasteiger partial charge is 0.493 e. The molecule has 0 N–H and O–H groups in total. The van der Waals surface area contributed by atoms with E-state index in [1.54, 1.807) is 31.4 Å². The molecule has 0 spiro atoms. The summed E-state index contributed by atoms with van der Waals surface area (Å²) in [5, 5.41) is 0. The number of hydrogen-bond acceptors (Lipinski definition) is 5. The monoisotopic (exact) mass is 371 g/mol. The van der Waals surface area contributed by atoms with Crippen LogP contribution in [-0.2, 0) is 4.74 Å². The summed E-state index contributed by atoms with van der Waals surface area (Å²) >= 11 is 5.57. The van der Waals surface area contributed by atoms with E-state index in [1.807, 2.05) is 25.1 Å². The molecule has 0 radical (unpaired) electrons. The number of morpholine rings is 1. The number of hydrogen-bond donors (Lipinski definition) is 0. The van der Waals surface area contributed by atoms with E-state index < -0.39 is 5.97 Å². The van der Waals surface area contributed by atoms with Crippen molar-refractivity contribution in [3.05, 3.63) is 59.2 Å². The molecule has 0 unspecified atom stereocenters. The lowest BCUT2D eigenvalue weighted by Gasteiger charge is -2.29. The molecule has 3 rings (SSSR count). The van der Waals surface area contributed by atoms with Crippen LogP contribution in [0.15, 0.2) is 42.5 Å². The fourth-order valence-electron chi connectivity index (χ4n) is 2.68. The van der Waals surface area contributed by atoms with Crippen LogP contribution >= 0.6 is 12.2 Å². The second kappa shape index (κ2) is 8.29. The molecule has 0 amide bonds. The molecule has 0 aromatic heterocycles. The highest BCUT2D eigenvalue weighted by Gasteiger charge is 2.18. The lowest BCUT2D eigenvalue weighted by Crippen LogP contribution is -2.40. The zero-order chi connectivity index (χ0) is 18.5. The van der Waals surface area contributed by atoms with Gasteiger partial charge in [-0.1, -0.05) is 29.9 Å². The van der Waals surface area contributed by atoms with Crippen molar-refractivity contribution in [1.82, 2.24) is 4.90 Å². The smallest absolute Gasteiger partial charge is 0.343 e. The maximum atomic E-state index is 12.3. The second-order valence-corrected chi connectivity index (χ2v) is 6.41. The zero-order valence-corrected chi connectivity index (χ0v) is 15.7. The number of rotatable bonds is 4. The quantitative estimate of drug-likeness (QED) is 0.467. The molecule has 6 heteroatoms. The summed E-state index contributed by atoms with van der Waals surface area (Å²) in [6.07, 6.45) is 0. The number of thiocarbonyl (C=S) groups is 1. The van der Waals surface area contributed by atoms with Crippen molar-refractivity contribution >= 4 is 23.2 Å². The van der Waals surface area contributed by atoms with Crippen LogP contribution in [0, 0.1) is 6.92 Å². The number of carbonyl (C=O) groups excluding carboxylic acids is 1. The first kappa shape index (κ1) is 18.4. The van der Waals surface area contributed by atoms with Gasteiger partial charge in [-0.15, -0.1) is 0 Å². The minimum absolute atomic E-state index is 0.367. The highest BCUT2D eigenvalue weighted by Crippen LogP contribution is 2.29. The summed E-state index contributed by atoms with van der Waals surface area (Å²) < 4.78 is 16.3. The van der Waals surface area contributed by atoms with Crippen LogP contribution in [0.1, 0.15) is 21.5 Å². The van der Waals surface area contributed by atoms with E-state index in [1.165, 1.54) is 0 Å². The van der Waals surface area contributed by atoms with Gasteiger partial charge >= 0.3 is 5.97 Å². The summed E-state index contributed by atoms with van der Waals surface area (Å²) in [7, 11) is 1.54. The third kappa shape index (κ3) is 4.20. The number of benzene rings is 2. The van der Waals surface area contributed by atoms with Crippen molar-refractivity contribution in [3.63, 3.8) is 0 Å². The van der Waals surface area contributed by atoms with E-state index in [-0.39, 0.29) is 0 Å². The van der Waals surface area contributed by atoms with Gasteiger partial charge in [-0.05, 0) is 37.3 Å². The molecule has 1 saturated heterocycles. The third-order valence-electron chi connectivity index (χ3n) is 4.20. The van der Waals surface area contributed by atoms with Crippen LogP contribution in [0.4, 0.5) is 0 Å². The van der Waals surface area contributed by atoms with Crippen molar-refractivity contribution < 1.29 is 19.0 Å². The van der Waals surface area contributed by atoms with Crippen LogP contribution in [-0.4, -0.2) is 49.3 Å². The normalized spacial score (nSPS) is 14.0. The van der Waals surface area contributed by atoms with Crippen molar-refractivity contribution in [1.29, 1.82) is 0 Å².